The Morgan fingerprint density at radius 2 is 2.25 bits per heavy atom. The first kappa shape index (κ1) is 13.6. The fourth-order valence-electron chi connectivity index (χ4n) is 2.01. The van der Waals surface area contributed by atoms with E-state index >= 15 is 0 Å². The number of hydrogen-bond acceptors (Lipinski definition) is 3. The van der Waals surface area contributed by atoms with Crippen molar-refractivity contribution in [2.45, 2.75) is 43.9 Å². The number of carbonyl (C=O) groups excluding carboxylic acids is 1. The van der Waals surface area contributed by atoms with E-state index in [0.717, 1.165) is 25.7 Å². The summed E-state index contributed by atoms with van der Waals surface area (Å²) in [6.45, 7) is 2.53. The molecule has 4 unspecified atom stereocenters. The highest BCUT2D eigenvalue weighted by atomic mass is 32.2. The molecule has 4 nitrogen and oxygen atoms in total. The fourth-order valence-corrected chi connectivity index (χ4v) is 2.46. The normalized spacial score (nSPS) is 28.7. The molecular weight excluding hydrogens is 224 g/mol. The number of carbonyl (C=O) groups is 1. The highest BCUT2D eigenvalue weighted by Gasteiger charge is 2.29. The zero-order chi connectivity index (χ0) is 12.1. The molecule has 1 fully saturated rings. The van der Waals surface area contributed by atoms with Crippen molar-refractivity contribution in [1.82, 2.24) is 5.32 Å². The molecule has 1 saturated carbocycles. The molecule has 1 rings (SSSR count). The Labute approximate surface area is 99.8 Å². The molecule has 16 heavy (non-hydrogen) atoms. The van der Waals surface area contributed by atoms with E-state index in [4.69, 9.17) is 5.73 Å². The van der Waals surface area contributed by atoms with Gasteiger partial charge < -0.3 is 11.1 Å². The van der Waals surface area contributed by atoms with Crippen LogP contribution in [0.4, 0.5) is 0 Å². The van der Waals surface area contributed by atoms with E-state index in [2.05, 4.69) is 5.32 Å². The summed E-state index contributed by atoms with van der Waals surface area (Å²) >= 11 is 0. The van der Waals surface area contributed by atoms with Crippen molar-refractivity contribution in [1.29, 1.82) is 0 Å². The predicted octanol–water partition coefficient (Wildman–Crippen LogP) is 0.387. The van der Waals surface area contributed by atoms with Gasteiger partial charge in [0.2, 0.25) is 5.91 Å². The zero-order valence-electron chi connectivity index (χ0n) is 10.1. The van der Waals surface area contributed by atoms with Crippen LogP contribution in [0.1, 0.15) is 32.6 Å². The molecule has 5 heteroatoms. The maximum absolute atomic E-state index is 11.7. The molecule has 0 spiro atoms. The lowest BCUT2D eigenvalue weighted by molar-refractivity contribution is -0.125. The van der Waals surface area contributed by atoms with E-state index in [0.29, 0.717) is 6.54 Å². The number of rotatable bonds is 5. The Balaban J connectivity index is 2.22. The molecule has 0 aromatic carbocycles. The van der Waals surface area contributed by atoms with Gasteiger partial charge in [-0.3, -0.25) is 9.00 Å². The minimum Gasteiger partial charge on any atom is -0.356 e. The maximum Gasteiger partial charge on any atom is 0.224 e. The smallest absolute Gasteiger partial charge is 0.224 e. The lowest BCUT2D eigenvalue weighted by Gasteiger charge is -2.16. The second-order valence-corrected chi connectivity index (χ2v) is 6.39. The van der Waals surface area contributed by atoms with Crippen molar-refractivity contribution in [3.05, 3.63) is 0 Å². The molecule has 0 aromatic rings. The van der Waals surface area contributed by atoms with Crippen molar-refractivity contribution in [2.24, 2.45) is 11.7 Å². The van der Waals surface area contributed by atoms with Crippen molar-refractivity contribution in [3.8, 4) is 0 Å². The van der Waals surface area contributed by atoms with Crippen molar-refractivity contribution < 1.29 is 9.00 Å². The second kappa shape index (κ2) is 6.35. The van der Waals surface area contributed by atoms with Gasteiger partial charge in [-0.2, -0.15) is 0 Å². The third-order valence-electron chi connectivity index (χ3n) is 3.32. The largest absolute Gasteiger partial charge is 0.356 e. The Hall–Kier alpha value is -0.420. The third-order valence-corrected chi connectivity index (χ3v) is 4.69. The van der Waals surface area contributed by atoms with E-state index < -0.39 is 10.8 Å². The van der Waals surface area contributed by atoms with Gasteiger partial charge in [0.05, 0.1) is 5.92 Å². The van der Waals surface area contributed by atoms with Crippen LogP contribution in [0.5, 0.6) is 0 Å². The molecule has 3 N–H and O–H groups in total. The molecule has 4 atom stereocenters. The minimum absolute atomic E-state index is 0.0116. The molecule has 0 heterocycles. The van der Waals surface area contributed by atoms with Crippen LogP contribution in [0, 0.1) is 5.92 Å². The van der Waals surface area contributed by atoms with E-state index in [-0.39, 0.29) is 23.1 Å². The summed E-state index contributed by atoms with van der Waals surface area (Å²) in [6, 6.07) is 0.0257. The fraction of sp³-hybridized carbons (Fsp3) is 0.909. The Kier molecular flexibility index (Phi) is 5.41. The Morgan fingerprint density at radius 1 is 1.56 bits per heavy atom. The highest BCUT2D eigenvalue weighted by Crippen LogP contribution is 2.23. The van der Waals surface area contributed by atoms with E-state index in [9.17, 15) is 9.00 Å². The first-order valence-electron chi connectivity index (χ1n) is 5.88. The third kappa shape index (κ3) is 3.87. The van der Waals surface area contributed by atoms with E-state index in [1.54, 1.807) is 6.26 Å². The van der Waals surface area contributed by atoms with Crippen LogP contribution >= 0.6 is 0 Å². The van der Waals surface area contributed by atoms with E-state index in [1.807, 2.05) is 6.92 Å². The maximum atomic E-state index is 11.7. The van der Waals surface area contributed by atoms with Gasteiger partial charge in [0, 0.05) is 34.9 Å². The van der Waals surface area contributed by atoms with E-state index in [1.165, 1.54) is 0 Å². The van der Waals surface area contributed by atoms with Gasteiger partial charge in [-0.15, -0.1) is 0 Å². The Bertz CT molecular complexity index is 271. The van der Waals surface area contributed by atoms with Crippen molar-refractivity contribution in [3.63, 3.8) is 0 Å². The summed E-state index contributed by atoms with van der Waals surface area (Å²) in [7, 11) is -0.810. The summed E-state index contributed by atoms with van der Waals surface area (Å²) < 4.78 is 11.1. The summed E-state index contributed by atoms with van der Waals surface area (Å²) in [5.74, 6) is 0.0570. The first-order chi connectivity index (χ1) is 7.52. The van der Waals surface area contributed by atoms with Gasteiger partial charge in [0.25, 0.3) is 0 Å². The van der Waals surface area contributed by atoms with Crippen LogP contribution in [0.25, 0.3) is 0 Å². The average Bonchev–Trinajstić information content (AvgIpc) is 2.64. The molecule has 1 amide bonds. The Morgan fingerprint density at radius 3 is 2.75 bits per heavy atom. The number of amides is 1. The van der Waals surface area contributed by atoms with Gasteiger partial charge in [0.15, 0.2) is 0 Å². The molecule has 1 aliphatic rings. The van der Waals surface area contributed by atoms with Crippen LogP contribution in [-0.2, 0) is 15.6 Å². The van der Waals surface area contributed by atoms with Crippen LogP contribution in [0.3, 0.4) is 0 Å². The molecule has 1 aliphatic carbocycles. The molecule has 0 bridgehead atoms. The summed E-state index contributed by atoms with van der Waals surface area (Å²) in [6.07, 6.45) is 5.36. The molecule has 94 valence electrons. The SMILES string of the molecule is CC(CCNC(=O)C1CCCC1N)S(C)=O. The quantitative estimate of drug-likeness (QED) is 0.737. The lowest BCUT2D eigenvalue weighted by Crippen LogP contribution is -2.39. The second-order valence-electron chi connectivity index (χ2n) is 4.59. The number of hydrogen-bond donors (Lipinski definition) is 2. The topological polar surface area (TPSA) is 72.2 Å². The summed E-state index contributed by atoms with van der Waals surface area (Å²) in [4.78, 5) is 11.7. The number of nitrogens with two attached hydrogens (primary N) is 1. The lowest BCUT2D eigenvalue weighted by atomic mass is 10.0. The number of nitrogens with one attached hydrogen (secondary N) is 1. The molecule has 0 saturated heterocycles. The van der Waals surface area contributed by atoms with Crippen LogP contribution in [-0.4, -0.2) is 34.2 Å². The van der Waals surface area contributed by atoms with Gasteiger partial charge >= 0.3 is 0 Å². The van der Waals surface area contributed by atoms with Gasteiger partial charge in [-0.1, -0.05) is 13.3 Å². The monoisotopic (exact) mass is 246 g/mol. The van der Waals surface area contributed by atoms with Crippen LogP contribution in [0.2, 0.25) is 0 Å². The van der Waals surface area contributed by atoms with Crippen LogP contribution < -0.4 is 11.1 Å². The van der Waals surface area contributed by atoms with Gasteiger partial charge in [-0.25, -0.2) is 0 Å². The van der Waals surface area contributed by atoms with Crippen molar-refractivity contribution >= 4 is 16.7 Å². The standard InChI is InChI=1S/C11H22N2O2S/c1-8(16(2)15)6-7-13-11(14)9-4-3-5-10(9)12/h8-10H,3-7,12H2,1-2H3,(H,13,14). The molecule has 0 aliphatic heterocycles. The average molecular weight is 246 g/mol. The first-order valence-corrected chi connectivity index (χ1v) is 7.50. The summed E-state index contributed by atoms with van der Waals surface area (Å²) in [5.41, 5.74) is 5.85. The van der Waals surface area contributed by atoms with Gasteiger partial charge in [-0.05, 0) is 19.3 Å². The highest BCUT2D eigenvalue weighted by molar-refractivity contribution is 7.84. The zero-order valence-corrected chi connectivity index (χ0v) is 10.9. The minimum atomic E-state index is -0.810. The summed E-state index contributed by atoms with van der Waals surface area (Å²) in [5, 5.41) is 3.02. The molecule has 0 aromatic heterocycles. The molecule has 0 radical (unpaired) electrons. The van der Waals surface area contributed by atoms with Crippen molar-refractivity contribution in [2.75, 3.05) is 12.8 Å². The van der Waals surface area contributed by atoms with Gasteiger partial charge in [0.1, 0.15) is 0 Å². The van der Waals surface area contributed by atoms with Crippen LogP contribution in [0.15, 0.2) is 0 Å². The predicted molar refractivity (Wildman–Crippen MR) is 66.5 cm³/mol. The molecular formula is C11H22N2O2S.